The van der Waals surface area contributed by atoms with E-state index >= 15 is 0 Å². The summed E-state index contributed by atoms with van der Waals surface area (Å²) in [7, 11) is 1.94. The van der Waals surface area contributed by atoms with Crippen LogP contribution in [0.25, 0.3) is 0 Å². The number of hydrogen-bond donors (Lipinski definition) is 1. The van der Waals surface area contributed by atoms with Crippen LogP contribution in [0.5, 0.6) is 0 Å². The summed E-state index contributed by atoms with van der Waals surface area (Å²) in [4.78, 5) is 1.34. The molecule has 1 rings (SSSR count). The third-order valence-corrected chi connectivity index (χ3v) is 2.58. The Bertz CT molecular complexity index is 245. The first kappa shape index (κ1) is 8.47. The summed E-state index contributed by atoms with van der Waals surface area (Å²) >= 11 is 1.78. The molecule has 0 saturated carbocycles. The fourth-order valence-corrected chi connectivity index (χ4v) is 1.61. The van der Waals surface area contributed by atoms with Gasteiger partial charge in [0.05, 0.1) is 0 Å². The average molecular weight is 167 g/mol. The molecule has 0 fully saturated rings. The van der Waals surface area contributed by atoms with Gasteiger partial charge in [-0.1, -0.05) is 6.07 Å². The second-order valence-corrected chi connectivity index (χ2v) is 3.28. The van der Waals surface area contributed by atoms with Gasteiger partial charge < -0.3 is 5.32 Å². The summed E-state index contributed by atoms with van der Waals surface area (Å²) in [6.45, 7) is 2.13. The van der Waals surface area contributed by atoms with Gasteiger partial charge in [-0.15, -0.1) is 11.8 Å². The number of aryl methyl sites for hydroxylation is 1. The zero-order chi connectivity index (χ0) is 8.27. The van der Waals surface area contributed by atoms with E-state index in [9.17, 15) is 0 Å². The molecule has 1 aromatic rings. The van der Waals surface area contributed by atoms with E-state index in [2.05, 4.69) is 36.7 Å². The zero-order valence-corrected chi connectivity index (χ0v) is 7.96. The number of anilines is 1. The summed E-state index contributed by atoms with van der Waals surface area (Å²) in [5.74, 6) is 0. The first-order chi connectivity index (χ1) is 5.27. The highest BCUT2D eigenvalue weighted by molar-refractivity contribution is 7.98. The van der Waals surface area contributed by atoms with Gasteiger partial charge in [0.2, 0.25) is 0 Å². The highest BCUT2D eigenvalue weighted by atomic mass is 32.2. The highest BCUT2D eigenvalue weighted by Gasteiger charge is 1.96. The van der Waals surface area contributed by atoms with Crippen LogP contribution < -0.4 is 5.32 Å². The molecular weight excluding hydrogens is 154 g/mol. The molecule has 2 heteroatoms. The van der Waals surface area contributed by atoms with Crippen molar-refractivity contribution in [2.24, 2.45) is 0 Å². The molecule has 0 spiro atoms. The molecular formula is C9H13NS. The maximum Gasteiger partial charge on any atom is 0.0348 e. The predicted molar refractivity (Wildman–Crippen MR) is 52.5 cm³/mol. The van der Waals surface area contributed by atoms with Gasteiger partial charge >= 0.3 is 0 Å². The maximum atomic E-state index is 3.12. The summed E-state index contributed by atoms with van der Waals surface area (Å²) in [5.41, 5.74) is 2.52. The number of rotatable bonds is 2. The topological polar surface area (TPSA) is 12.0 Å². The molecule has 0 aliphatic carbocycles. The number of benzene rings is 1. The third-order valence-electron chi connectivity index (χ3n) is 1.70. The van der Waals surface area contributed by atoms with Crippen LogP contribution in [0.4, 0.5) is 5.69 Å². The van der Waals surface area contributed by atoms with Crippen LogP contribution >= 0.6 is 11.8 Å². The van der Waals surface area contributed by atoms with E-state index in [4.69, 9.17) is 0 Å². The lowest BCUT2D eigenvalue weighted by Gasteiger charge is -2.05. The number of thioether (sulfide) groups is 1. The molecule has 0 amide bonds. The van der Waals surface area contributed by atoms with Crippen LogP contribution in [0.1, 0.15) is 5.56 Å². The van der Waals surface area contributed by atoms with E-state index in [0.29, 0.717) is 0 Å². The third kappa shape index (κ3) is 1.90. The van der Waals surface area contributed by atoms with Crippen molar-refractivity contribution in [3.8, 4) is 0 Å². The van der Waals surface area contributed by atoms with Crippen molar-refractivity contribution in [2.75, 3.05) is 18.6 Å². The van der Waals surface area contributed by atoms with E-state index in [1.54, 1.807) is 11.8 Å². The largest absolute Gasteiger partial charge is 0.388 e. The van der Waals surface area contributed by atoms with Crippen molar-refractivity contribution in [2.45, 2.75) is 11.8 Å². The van der Waals surface area contributed by atoms with Gasteiger partial charge in [0, 0.05) is 17.6 Å². The van der Waals surface area contributed by atoms with Crippen LogP contribution in [0.3, 0.4) is 0 Å². The molecule has 0 unspecified atom stereocenters. The minimum atomic E-state index is 1.18. The molecule has 60 valence electrons. The predicted octanol–water partition coefficient (Wildman–Crippen LogP) is 2.76. The molecule has 0 aromatic heterocycles. The molecule has 1 nitrogen and oxygen atoms in total. The lowest BCUT2D eigenvalue weighted by atomic mass is 10.2. The van der Waals surface area contributed by atoms with Crippen LogP contribution in [-0.2, 0) is 0 Å². The molecule has 1 aromatic carbocycles. The van der Waals surface area contributed by atoms with E-state index in [-0.39, 0.29) is 0 Å². The summed E-state index contributed by atoms with van der Waals surface area (Å²) in [5, 5.41) is 3.12. The Balaban J connectivity index is 3.02. The lowest BCUT2D eigenvalue weighted by molar-refractivity contribution is 1.30. The zero-order valence-electron chi connectivity index (χ0n) is 7.14. The molecule has 0 bridgehead atoms. The number of nitrogens with one attached hydrogen (secondary N) is 1. The molecule has 0 heterocycles. The van der Waals surface area contributed by atoms with Gasteiger partial charge in [-0.05, 0) is 30.9 Å². The van der Waals surface area contributed by atoms with Gasteiger partial charge in [-0.3, -0.25) is 0 Å². The monoisotopic (exact) mass is 167 g/mol. The fourth-order valence-electron chi connectivity index (χ4n) is 0.976. The van der Waals surface area contributed by atoms with Gasteiger partial charge in [0.1, 0.15) is 0 Å². The van der Waals surface area contributed by atoms with Crippen molar-refractivity contribution < 1.29 is 0 Å². The Morgan fingerprint density at radius 2 is 2.09 bits per heavy atom. The first-order valence-electron chi connectivity index (χ1n) is 3.60. The summed E-state index contributed by atoms with van der Waals surface area (Å²) in [6.07, 6.45) is 2.10. The molecule has 0 atom stereocenters. The van der Waals surface area contributed by atoms with E-state index in [1.807, 2.05) is 7.05 Å². The van der Waals surface area contributed by atoms with Gasteiger partial charge in [-0.25, -0.2) is 0 Å². The number of hydrogen-bond acceptors (Lipinski definition) is 2. The van der Waals surface area contributed by atoms with Gasteiger partial charge in [-0.2, -0.15) is 0 Å². The van der Waals surface area contributed by atoms with Crippen LogP contribution in [0, 0.1) is 6.92 Å². The molecule has 0 aliphatic rings. The standard InChI is InChI=1S/C9H13NS/c1-7-4-5-8(10-2)6-9(7)11-3/h4-6,10H,1-3H3. The van der Waals surface area contributed by atoms with E-state index < -0.39 is 0 Å². The Morgan fingerprint density at radius 1 is 1.36 bits per heavy atom. The normalized spacial score (nSPS) is 9.73. The molecule has 11 heavy (non-hydrogen) atoms. The smallest absolute Gasteiger partial charge is 0.0348 e. The van der Waals surface area contributed by atoms with Crippen LogP contribution in [-0.4, -0.2) is 13.3 Å². The molecule has 0 saturated heterocycles. The van der Waals surface area contributed by atoms with E-state index in [1.165, 1.54) is 16.1 Å². The molecule has 0 aliphatic heterocycles. The lowest BCUT2D eigenvalue weighted by Crippen LogP contribution is -1.88. The van der Waals surface area contributed by atoms with Crippen molar-refractivity contribution in [1.82, 2.24) is 0 Å². The minimum Gasteiger partial charge on any atom is -0.388 e. The quantitative estimate of drug-likeness (QED) is 0.680. The Labute approximate surface area is 72.2 Å². The van der Waals surface area contributed by atoms with Crippen molar-refractivity contribution in [3.63, 3.8) is 0 Å². The second kappa shape index (κ2) is 3.67. The Morgan fingerprint density at radius 3 is 2.64 bits per heavy atom. The Kier molecular flexibility index (Phi) is 2.83. The van der Waals surface area contributed by atoms with Gasteiger partial charge in [0.15, 0.2) is 0 Å². The van der Waals surface area contributed by atoms with Crippen LogP contribution in [0.2, 0.25) is 0 Å². The highest BCUT2D eigenvalue weighted by Crippen LogP contribution is 2.22. The fraction of sp³-hybridized carbons (Fsp3) is 0.333. The van der Waals surface area contributed by atoms with Crippen molar-refractivity contribution in [1.29, 1.82) is 0 Å². The minimum absolute atomic E-state index is 1.18. The SMILES string of the molecule is CNc1ccc(C)c(SC)c1. The second-order valence-electron chi connectivity index (χ2n) is 2.43. The molecule has 1 N–H and O–H groups in total. The maximum absolute atomic E-state index is 3.12. The Hall–Kier alpha value is -0.630. The van der Waals surface area contributed by atoms with Crippen LogP contribution in [0.15, 0.2) is 23.1 Å². The van der Waals surface area contributed by atoms with Crippen molar-refractivity contribution in [3.05, 3.63) is 23.8 Å². The van der Waals surface area contributed by atoms with E-state index in [0.717, 1.165) is 0 Å². The van der Waals surface area contributed by atoms with Gasteiger partial charge in [0.25, 0.3) is 0 Å². The average Bonchev–Trinajstić information content (AvgIpc) is 2.05. The van der Waals surface area contributed by atoms with Crippen molar-refractivity contribution >= 4 is 17.4 Å². The molecule has 0 radical (unpaired) electrons. The summed E-state index contributed by atoms with van der Waals surface area (Å²) < 4.78 is 0. The summed E-state index contributed by atoms with van der Waals surface area (Å²) in [6, 6.07) is 6.40. The first-order valence-corrected chi connectivity index (χ1v) is 4.83.